The number of carbonyl (C=O) groups is 2. The van der Waals surface area contributed by atoms with E-state index in [1.54, 1.807) is 26.2 Å². The van der Waals surface area contributed by atoms with Crippen molar-refractivity contribution in [3.8, 4) is 0 Å². The van der Waals surface area contributed by atoms with E-state index in [1.807, 2.05) is 0 Å². The van der Waals surface area contributed by atoms with Crippen molar-refractivity contribution in [2.45, 2.75) is 18.7 Å². The summed E-state index contributed by atoms with van der Waals surface area (Å²) in [6, 6.07) is 2.98. The van der Waals surface area contributed by atoms with Crippen LogP contribution in [0.5, 0.6) is 0 Å². The summed E-state index contributed by atoms with van der Waals surface area (Å²) < 4.78 is 18.4. The number of esters is 1. The molecule has 0 amide bonds. The molecule has 0 atom stereocenters. The monoisotopic (exact) mass is 256 g/mol. The molecule has 1 aromatic rings. The van der Waals surface area contributed by atoms with Crippen molar-refractivity contribution in [3.05, 3.63) is 29.1 Å². The first-order chi connectivity index (χ1) is 8.01. The first kappa shape index (κ1) is 13.7. The zero-order valence-corrected chi connectivity index (χ0v) is 10.7. The van der Waals surface area contributed by atoms with Gasteiger partial charge in [-0.05, 0) is 37.8 Å². The molecule has 0 heterocycles. The Bertz CT molecular complexity index is 457. The highest BCUT2D eigenvalue weighted by Crippen LogP contribution is 2.24. The molecule has 0 unspecified atom stereocenters. The highest BCUT2D eigenvalue weighted by atomic mass is 32.2. The fraction of sp³-hybridized carbons (Fsp3) is 0.333. The smallest absolute Gasteiger partial charge is 0.379 e. The molecular formula is C12H13FO3S. The van der Waals surface area contributed by atoms with E-state index in [9.17, 15) is 14.0 Å². The summed E-state index contributed by atoms with van der Waals surface area (Å²) in [6.07, 6.45) is 1.70. The maximum Gasteiger partial charge on any atom is 0.379 e. The minimum absolute atomic E-state index is 0.0907. The summed E-state index contributed by atoms with van der Waals surface area (Å²) in [7, 11) is 0. The molecule has 1 rings (SSSR count). The number of rotatable bonds is 4. The Morgan fingerprint density at radius 2 is 2.06 bits per heavy atom. The molecule has 0 N–H and O–H groups in total. The van der Waals surface area contributed by atoms with Crippen molar-refractivity contribution in [1.82, 2.24) is 0 Å². The van der Waals surface area contributed by atoms with Crippen LogP contribution in [0, 0.1) is 12.7 Å². The number of benzene rings is 1. The highest BCUT2D eigenvalue weighted by molar-refractivity contribution is 7.98. The third-order valence-electron chi connectivity index (χ3n) is 2.11. The lowest BCUT2D eigenvalue weighted by atomic mass is 10.1. The number of carbonyl (C=O) groups excluding carboxylic acids is 2. The second kappa shape index (κ2) is 5.82. The maximum atomic E-state index is 13.9. The number of hydrogen-bond donors (Lipinski definition) is 0. The van der Waals surface area contributed by atoms with Crippen LogP contribution in [0.4, 0.5) is 4.39 Å². The van der Waals surface area contributed by atoms with Crippen LogP contribution >= 0.6 is 11.8 Å². The van der Waals surface area contributed by atoms with E-state index in [0.717, 1.165) is 5.56 Å². The van der Waals surface area contributed by atoms with Gasteiger partial charge in [0, 0.05) is 4.90 Å². The molecule has 0 radical (unpaired) electrons. The fourth-order valence-corrected chi connectivity index (χ4v) is 1.95. The van der Waals surface area contributed by atoms with Crippen LogP contribution in [-0.4, -0.2) is 24.6 Å². The van der Waals surface area contributed by atoms with Crippen molar-refractivity contribution in [2.75, 3.05) is 12.9 Å². The standard InChI is InChI=1S/C12H13FO3S/c1-4-16-12(15)11(14)8-5-7(2)6-9(17-3)10(8)13/h5-6H,4H2,1-3H3. The van der Waals surface area contributed by atoms with Crippen molar-refractivity contribution in [3.63, 3.8) is 0 Å². The molecule has 92 valence electrons. The van der Waals surface area contributed by atoms with Gasteiger partial charge in [-0.3, -0.25) is 4.79 Å². The van der Waals surface area contributed by atoms with Crippen LogP contribution in [0.3, 0.4) is 0 Å². The van der Waals surface area contributed by atoms with Crippen LogP contribution < -0.4 is 0 Å². The maximum absolute atomic E-state index is 13.9. The van der Waals surface area contributed by atoms with E-state index < -0.39 is 17.6 Å². The van der Waals surface area contributed by atoms with Crippen LogP contribution in [0.2, 0.25) is 0 Å². The summed E-state index contributed by atoms with van der Waals surface area (Å²) in [6.45, 7) is 3.42. The SMILES string of the molecule is CCOC(=O)C(=O)c1cc(C)cc(SC)c1F. The van der Waals surface area contributed by atoms with Crippen LogP contribution in [0.1, 0.15) is 22.8 Å². The van der Waals surface area contributed by atoms with Crippen LogP contribution in [0.15, 0.2) is 17.0 Å². The zero-order valence-electron chi connectivity index (χ0n) is 9.87. The third kappa shape index (κ3) is 3.06. The number of aryl methyl sites for hydroxylation is 1. The minimum atomic E-state index is -1.02. The van der Waals surface area contributed by atoms with Crippen molar-refractivity contribution < 1.29 is 18.7 Å². The van der Waals surface area contributed by atoms with Crippen molar-refractivity contribution in [1.29, 1.82) is 0 Å². The first-order valence-corrected chi connectivity index (χ1v) is 6.29. The molecule has 5 heteroatoms. The van der Waals surface area contributed by atoms with Gasteiger partial charge >= 0.3 is 5.97 Å². The molecule has 0 aromatic heterocycles. The van der Waals surface area contributed by atoms with Crippen LogP contribution in [-0.2, 0) is 9.53 Å². The summed E-state index contributed by atoms with van der Waals surface area (Å²) in [5, 5.41) is 0. The Labute approximate surface area is 103 Å². The first-order valence-electron chi connectivity index (χ1n) is 5.06. The van der Waals surface area contributed by atoms with Gasteiger partial charge in [0.05, 0.1) is 12.2 Å². The number of Topliss-reactive ketones (excluding diaryl/α,β-unsaturated/α-hetero) is 1. The van der Waals surface area contributed by atoms with Crippen molar-refractivity contribution >= 4 is 23.5 Å². The van der Waals surface area contributed by atoms with Crippen molar-refractivity contribution in [2.24, 2.45) is 0 Å². The molecule has 0 aliphatic carbocycles. The molecule has 0 aliphatic rings. The van der Waals surface area contributed by atoms with Crippen LogP contribution in [0.25, 0.3) is 0 Å². The van der Waals surface area contributed by atoms with Gasteiger partial charge < -0.3 is 4.74 Å². The number of ether oxygens (including phenoxy) is 1. The minimum Gasteiger partial charge on any atom is -0.460 e. The lowest BCUT2D eigenvalue weighted by Gasteiger charge is -2.07. The molecule has 17 heavy (non-hydrogen) atoms. The van der Waals surface area contributed by atoms with E-state index in [0.29, 0.717) is 4.90 Å². The third-order valence-corrected chi connectivity index (χ3v) is 2.85. The lowest BCUT2D eigenvalue weighted by molar-refractivity contribution is -0.137. The zero-order chi connectivity index (χ0) is 13.0. The average Bonchev–Trinajstić information content (AvgIpc) is 2.31. The van der Waals surface area contributed by atoms with Gasteiger partial charge in [0.1, 0.15) is 5.82 Å². The van der Waals surface area contributed by atoms with Gasteiger partial charge in [-0.1, -0.05) is 0 Å². The molecule has 0 aliphatic heterocycles. The Kier molecular flexibility index (Phi) is 4.69. The van der Waals surface area contributed by atoms with Gasteiger partial charge in [-0.25, -0.2) is 9.18 Å². The molecule has 0 saturated heterocycles. The van der Waals surface area contributed by atoms with E-state index in [1.165, 1.54) is 17.8 Å². The number of thioether (sulfide) groups is 1. The number of hydrogen-bond acceptors (Lipinski definition) is 4. The normalized spacial score (nSPS) is 10.1. The Morgan fingerprint density at radius 1 is 1.41 bits per heavy atom. The highest BCUT2D eigenvalue weighted by Gasteiger charge is 2.23. The summed E-state index contributed by atoms with van der Waals surface area (Å²) in [4.78, 5) is 23.3. The quantitative estimate of drug-likeness (QED) is 0.359. The molecule has 1 aromatic carbocycles. The predicted molar refractivity (Wildman–Crippen MR) is 63.9 cm³/mol. The molecular weight excluding hydrogens is 243 g/mol. The molecule has 0 fully saturated rings. The fourth-order valence-electron chi connectivity index (χ4n) is 1.36. The average molecular weight is 256 g/mol. The van der Waals surface area contributed by atoms with E-state index in [2.05, 4.69) is 4.74 Å². The number of ketones is 1. The van der Waals surface area contributed by atoms with Gasteiger partial charge in [0.2, 0.25) is 0 Å². The van der Waals surface area contributed by atoms with Gasteiger partial charge in [-0.2, -0.15) is 0 Å². The summed E-state index contributed by atoms with van der Waals surface area (Å²) in [5.41, 5.74) is 0.496. The molecule has 0 saturated carbocycles. The summed E-state index contributed by atoms with van der Waals surface area (Å²) >= 11 is 1.19. The Balaban J connectivity index is 3.17. The van der Waals surface area contributed by atoms with E-state index >= 15 is 0 Å². The molecule has 0 spiro atoms. The van der Waals surface area contributed by atoms with E-state index in [-0.39, 0.29) is 12.2 Å². The second-order valence-corrected chi connectivity index (χ2v) is 4.23. The second-order valence-electron chi connectivity index (χ2n) is 3.38. The number of halogens is 1. The van der Waals surface area contributed by atoms with Gasteiger partial charge in [-0.15, -0.1) is 11.8 Å². The Hall–Kier alpha value is -1.36. The topological polar surface area (TPSA) is 43.4 Å². The van der Waals surface area contributed by atoms with Gasteiger partial charge in [0.15, 0.2) is 0 Å². The summed E-state index contributed by atoms with van der Waals surface area (Å²) in [5.74, 6) is -2.63. The largest absolute Gasteiger partial charge is 0.460 e. The Morgan fingerprint density at radius 3 is 2.59 bits per heavy atom. The predicted octanol–water partition coefficient (Wildman–Crippen LogP) is 2.60. The van der Waals surface area contributed by atoms with Gasteiger partial charge in [0.25, 0.3) is 5.78 Å². The van der Waals surface area contributed by atoms with E-state index in [4.69, 9.17) is 0 Å². The molecule has 0 bridgehead atoms. The molecule has 3 nitrogen and oxygen atoms in total. The lowest BCUT2D eigenvalue weighted by Crippen LogP contribution is -2.19.